The molecular formula is C14H26N4. The maximum absolute atomic E-state index is 6.31. The monoisotopic (exact) mass is 250 g/mol. The molecule has 0 saturated heterocycles. The normalized spacial score (nSPS) is 26.3. The molecule has 1 aromatic rings. The van der Waals surface area contributed by atoms with Crippen LogP contribution >= 0.6 is 0 Å². The van der Waals surface area contributed by atoms with Gasteiger partial charge >= 0.3 is 0 Å². The highest BCUT2D eigenvalue weighted by Gasteiger charge is 2.35. The lowest BCUT2D eigenvalue weighted by molar-refractivity contribution is 0.199. The Morgan fingerprint density at radius 3 is 2.72 bits per heavy atom. The van der Waals surface area contributed by atoms with Gasteiger partial charge in [0.25, 0.3) is 0 Å². The van der Waals surface area contributed by atoms with Gasteiger partial charge < -0.3 is 5.73 Å². The molecule has 0 aliphatic heterocycles. The Kier molecular flexibility index (Phi) is 4.07. The van der Waals surface area contributed by atoms with Gasteiger partial charge in [-0.1, -0.05) is 13.8 Å². The van der Waals surface area contributed by atoms with E-state index in [1.54, 1.807) is 0 Å². The first kappa shape index (κ1) is 13.6. The van der Waals surface area contributed by atoms with Crippen LogP contribution in [0.1, 0.15) is 38.3 Å². The van der Waals surface area contributed by atoms with E-state index in [0.717, 1.165) is 24.8 Å². The van der Waals surface area contributed by atoms with Crippen LogP contribution in [0.4, 0.5) is 0 Å². The van der Waals surface area contributed by atoms with Gasteiger partial charge in [-0.15, -0.1) is 0 Å². The zero-order chi connectivity index (χ0) is 13.3. The minimum absolute atomic E-state index is 0.174. The van der Waals surface area contributed by atoms with Gasteiger partial charge in [-0.2, -0.15) is 5.10 Å². The number of nitrogens with two attached hydrogens (primary N) is 1. The van der Waals surface area contributed by atoms with E-state index in [2.05, 4.69) is 37.1 Å². The molecule has 18 heavy (non-hydrogen) atoms. The summed E-state index contributed by atoms with van der Waals surface area (Å²) in [7, 11) is 4.15. The maximum atomic E-state index is 6.31. The molecule has 0 spiro atoms. The summed E-state index contributed by atoms with van der Waals surface area (Å²) in [6, 6.07) is 0.463. The largest absolute Gasteiger partial charge is 0.326 e. The van der Waals surface area contributed by atoms with Crippen molar-refractivity contribution in [1.29, 1.82) is 0 Å². The van der Waals surface area contributed by atoms with Gasteiger partial charge in [-0.05, 0) is 31.7 Å². The first-order valence-corrected chi connectivity index (χ1v) is 6.97. The standard InChI is InChI=1S/C14H26N4/c1-5-13(15)14(12-7-16-18(4)9-12)17(3)8-11-6-10(11)2/h7,9-11,13-14H,5-6,8,15H2,1-4H3. The van der Waals surface area contributed by atoms with Crippen LogP contribution < -0.4 is 5.73 Å². The van der Waals surface area contributed by atoms with Gasteiger partial charge in [0.15, 0.2) is 0 Å². The molecule has 0 aromatic carbocycles. The molecule has 2 rings (SSSR count). The predicted molar refractivity (Wildman–Crippen MR) is 74.1 cm³/mol. The van der Waals surface area contributed by atoms with Crippen molar-refractivity contribution in [3.63, 3.8) is 0 Å². The fraction of sp³-hybridized carbons (Fsp3) is 0.786. The number of aryl methyl sites for hydroxylation is 1. The van der Waals surface area contributed by atoms with E-state index in [4.69, 9.17) is 5.73 Å². The second-order valence-corrected chi connectivity index (χ2v) is 5.88. The van der Waals surface area contributed by atoms with Crippen LogP contribution in [0.3, 0.4) is 0 Å². The molecule has 1 saturated carbocycles. The quantitative estimate of drug-likeness (QED) is 0.837. The van der Waals surface area contributed by atoms with Crippen molar-refractivity contribution >= 4 is 0 Å². The molecule has 0 amide bonds. The van der Waals surface area contributed by atoms with Crippen molar-refractivity contribution in [1.82, 2.24) is 14.7 Å². The third kappa shape index (κ3) is 2.93. The van der Waals surface area contributed by atoms with Crippen LogP contribution in [0.25, 0.3) is 0 Å². The van der Waals surface area contributed by atoms with Gasteiger partial charge in [0.1, 0.15) is 0 Å². The van der Waals surface area contributed by atoms with Crippen molar-refractivity contribution < 1.29 is 0 Å². The van der Waals surface area contributed by atoms with E-state index in [9.17, 15) is 0 Å². The smallest absolute Gasteiger partial charge is 0.0538 e. The summed E-state index contributed by atoms with van der Waals surface area (Å²) in [5, 5.41) is 4.28. The molecular weight excluding hydrogens is 224 g/mol. The fourth-order valence-electron chi connectivity index (χ4n) is 2.78. The van der Waals surface area contributed by atoms with Crippen LogP contribution in [0.2, 0.25) is 0 Å². The summed E-state index contributed by atoms with van der Waals surface area (Å²) in [6.45, 7) is 5.63. The SMILES string of the molecule is CCC(N)C(c1cnn(C)c1)N(C)CC1CC1C. The second-order valence-electron chi connectivity index (χ2n) is 5.88. The van der Waals surface area contributed by atoms with E-state index in [0.29, 0.717) is 0 Å². The molecule has 4 nitrogen and oxygen atoms in total. The number of aromatic nitrogens is 2. The summed E-state index contributed by atoms with van der Waals surface area (Å²) in [5.74, 6) is 1.75. The highest BCUT2D eigenvalue weighted by molar-refractivity contribution is 5.13. The van der Waals surface area contributed by atoms with Gasteiger partial charge in [0.2, 0.25) is 0 Å². The number of nitrogens with zero attached hydrogens (tertiary/aromatic N) is 3. The lowest BCUT2D eigenvalue weighted by Crippen LogP contribution is -2.39. The third-order valence-corrected chi connectivity index (χ3v) is 4.22. The molecule has 102 valence electrons. The molecule has 4 heteroatoms. The summed E-state index contributed by atoms with van der Waals surface area (Å²) < 4.78 is 1.86. The van der Waals surface area contributed by atoms with Crippen LogP contribution in [0.5, 0.6) is 0 Å². The molecule has 4 unspecified atom stereocenters. The molecule has 0 radical (unpaired) electrons. The Labute approximate surface area is 110 Å². The second kappa shape index (κ2) is 5.41. The molecule has 1 fully saturated rings. The van der Waals surface area contributed by atoms with Crippen LogP contribution in [0.15, 0.2) is 12.4 Å². The predicted octanol–water partition coefficient (Wildman–Crippen LogP) is 1.79. The van der Waals surface area contributed by atoms with Crippen molar-refractivity contribution in [2.45, 2.75) is 38.8 Å². The van der Waals surface area contributed by atoms with E-state index < -0.39 is 0 Å². The molecule has 1 aliphatic rings. The fourth-order valence-corrected chi connectivity index (χ4v) is 2.78. The zero-order valence-corrected chi connectivity index (χ0v) is 12.0. The molecule has 1 aliphatic carbocycles. The highest BCUT2D eigenvalue weighted by atomic mass is 15.2. The Morgan fingerprint density at radius 2 is 2.28 bits per heavy atom. The molecule has 1 heterocycles. The topological polar surface area (TPSA) is 47.1 Å². The number of rotatable bonds is 6. The van der Waals surface area contributed by atoms with Crippen molar-refractivity contribution in [3.05, 3.63) is 18.0 Å². The maximum Gasteiger partial charge on any atom is 0.0538 e. The lowest BCUT2D eigenvalue weighted by Gasteiger charge is -2.31. The van der Waals surface area contributed by atoms with E-state index in [1.165, 1.54) is 12.0 Å². The minimum Gasteiger partial charge on any atom is -0.326 e. The first-order valence-electron chi connectivity index (χ1n) is 6.97. The van der Waals surface area contributed by atoms with Gasteiger partial charge in [-0.3, -0.25) is 9.58 Å². The number of likely N-dealkylation sites (N-methyl/N-ethyl adjacent to an activating group) is 1. The van der Waals surface area contributed by atoms with E-state index >= 15 is 0 Å². The van der Waals surface area contributed by atoms with E-state index in [1.807, 2.05) is 17.9 Å². The number of hydrogen-bond donors (Lipinski definition) is 1. The number of hydrogen-bond acceptors (Lipinski definition) is 3. The zero-order valence-electron chi connectivity index (χ0n) is 12.0. The van der Waals surface area contributed by atoms with Gasteiger partial charge in [-0.25, -0.2) is 0 Å². The van der Waals surface area contributed by atoms with Gasteiger partial charge in [0.05, 0.1) is 12.2 Å². The van der Waals surface area contributed by atoms with Gasteiger partial charge in [0, 0.05) is 31.4 Å². The van der Waals surface area contributed by atoms with Crippen LogP contribution in [-0.2, 0) is 7.05 Å². The molecule has 1 aromatic heterocycles. The average Bonchev–Trinajstić information content (AvgIpc) is 2.84. The Bertz CT molecular complexity index is 387. The third-order valence-electron chi connectivity index (χ3n) is 4.22. The molecule has 4 atom stereocenters. The molecule has 2 N–H and O–H groups in total. The first-order chi connectivity index (χ1) is 8.52. The Morgan fingerprint density at radius 1 is 1.61 bits per heavy atom. The Hall–Kier alpha value is -0.870. The highest BCUT2D eigenvalue weighted by Crippen LogP contribution is 2.39. The summed E-state index contributed by atoms with van der Waals surface area (Å²) in [5.41, 5.74) is 7.55. The van der Waals surface area contributed by atoms with Crippen LogP contribution in [0, 0.1) is 11.8 Å². The van der Waals surface area contributed by atoms with E-state index in [-0.39, 0.29) is 12.1 Å². The van der Waals surface area contributed by atoms with Crippen molar-refractivity contribution in [2.75, 3.05) is 13.6 Å². The van der Waals surface area contributed by atoms with Crippen molar-refractivity contribution in [3.8, 4) is 0 Å². The van der Waals surface area contributed by atoms with Crippen molar-refractivity contribution in [2.24, 2.45) is 24.6 Å². The lowest BCUT2D eigenvalue weighted by atomic mass is 9.99. The summed E-state index contributed by atoms with van der Waals surface area (Å²) in [6.07, 6.45) is 6.40. The Balaban J connectivity index is 2.09. The summed E-state index contributed by atoms with van der Waals surface area (Å²) >= 11 is 0. The minimum atomic E-state index is 0.174. The molecule has 0 bridgehead atoms. The summed E-state index contributed by atoms with van der Waals surface area (Å²) in [4.78, 5) is 2.42. The van der Waals surface area contributed by atoms with Crippen LogP contribution in [-0.4, -0.2) is 34.3 Å². The average molecular weight is 250 g/mol.